The van der Waals surface area contributed by atoms with Crippen LogP contribution in [-0.2, 0) is 0 Å². The monoisotopic (exact) mass is 422 g/mol. The van der Waals surface area contributed by atoms with E-state index in [2.05, 4.69) is 24.4 Å². The number of rotatable bonds is 7. The molecule has 1 N–H and O–H groups in total. The van der Waals surface area contributed by atoms with E-state index in [4.69, 9.17) is 16.3 Å². The zero-order valence-electron chi connectivity index (χ0n) is 16.5. The molecule has 0 aliphatic carbocycles. The summed E-state index contributed by atoms with van der Waals surface area (Å²) >= 11 is 7.63. The Bertz CT molecular complexity index is 968. The fourth-order valence-corrected chi connectivity index (χ4v) is 4.28. The average Bonchev–Trinajstić information content (AvgIpc) is 2.70. The molecule has 1 unspecified atom stereocenters. The van der Waals surface area contributed by atoms with E-state index in [1.807, 2.05) is 67.6 Å². The summed E-state index contributed by atoms with van der Waals surface area (Å²) < 4.78 is 5.82. The lowest BCUT2D eigenvalue weighted by molar-refractivity contribution is 0.483. The lowest BCUT2D eigenvalue weighted by Gasteiger charge is -2.19. The van der Waals surface area contributed by atoms with Gasteiger partial charge in [-0.3, -0.25) is 0 Å². The third-order valence-corrected chi connectivity index (χ3v) is 5.56. The fourth-order valence-electron chi connectivity index (χ4n) is 3.08. The molecule has 0 radical (unpaired) electrons. The molecule has 1 aliphatic heterocycles. The minimum atomic E-state index is 0.353. The van der Waals surface area contributed by atoms with Crippen molar-refractivity contribution in [2.75, 3.05) is 11.1 Å². The van der Waals surface area contributed by atoms with Crippen molar-refractivity contribution in [3.8, 4) is 17.6 Å². The number of thioether (sulfide) groups is 1. The van der Waals surface area contributed by atoms with Gasteiger partial charge in [-0.25, -0.2) is 0 Å². The molecule has 0 saturated carbocycles. The van der Waals surface area contributed by atoms with E-state index in [0.29, 0.717) is 11.5 Å². The second kappa shape index (κ2) is 10.2. The number of benzene rings is 2. The van der Waals surface area contributed by atoms with Gasteiger partial charge in [-0.15, -0.1) is 11.8 Å². The van der Waals surface area contributed by atoms with Crippen LogP contribution in [-0.4, -0.2) is 5.75 Å². The number of nitrogens with one attached hydrogen (secondary N) is 1. The molecule has 148 valence electrons. The zero-order chi connectivity index (χ0) is 20.6. The molecular weight excluding hydrogens is 400 g/mol. The number of nitriles is 1. The van der Waals surface area contributed by atoms with Crippen molar-refractivity contribution in [2.24, 2.45) is 5.92 Å². The lowest BCUT2D eigenvalue weighted by atomic mass is 10.00. The summed E-state index contributed by atoms with van der Waals surface area (Å²) in [5.74, 6) is 2.79. The summed E-state index contributed by atoms with van der Waals surface area (Å²) in [7, 11) is 0. The summed E-state index contributed by atoms with van der Waals surface area (Å²) in [4.78, 5) is 0. The SMILES string of the molecule is C/C(Cl)=C\C(C)CC1=CC(C#N)=C(Nc2ccc(Oc3ccccc3)cc2)SC1. The van der Waals surface area contributed by atoms with Gasteiger partial charge in [0.05, 0.1) is 10.6 Å². The number of anilines is 1. The molecule has 2 aromatic rings. The van der Waals surface area contributed by atoms with Crippen molar-refractivity contribution in [3.05, 3.63) is 88.0 Å². The molecular formula is C24H23ClN2OS. The normalized spacial score (nSPS) is 15.4. The smallest absolute Gasteiger partial charge is 0.127 e. The van der Waals surface area contributed by atoms with Gasteiger partial charge in [0.1, 0.15) is 17.6 Å². The standard InChI is InChI=1S/C24H23ClN2OS/c1-17(12-18(2)25)13-19-14-20(15-26)24(29-16-19)27-21-8-10-23(11-9-21)28-22-6-4-3-5-7-22/h3-12,14,17,27H,13,16H2,1-2H3/b18-12+. The van der Waals surface area contributed by atoms with Crippen LogP contribution in [0.3, 0.4) is 0 Å². The van der Waals surface area contributed by atoms with E-state index < -0.39 is 0 Å². The van der Waals surface area contributed by atoms with E-state index in [0.717, 1.165) is 39.4 Å². The first-order chi connectivity index (χ1) is 14.0. The Hall–Kier alpha value is -2.61. The first-order valence-electron chi connectivity index (χ1n) is 9.44. The fraction of sp³-hybridized carbons (Fsp3) is 0.208. The van der Waals surface area contributed by atoms with Gasteiger partial charge in [0.2, 0.25) is 0 Å². The minimum absolute atomic E-state index is 0.353. The van der Waals surface area contributed by atoms with Gasteiger partial charge in [0.25, 0.3) is 0 Å². The second-order valence-corrected chi connectivity index (χ2v) is 8.53. The maximum absolute atomic E-state index is 9.59. The van der Waals surface area contributed by atoms with Crippen LogP contribution in [0.25, 0.3) is 0 Å². The lowest BCUT2D eigenvalue weighted by Crippen LogP contribution is -2.07. The predicted molar refractivity (Wildman–Crippen MR) is 123 cm³/mol. The number of hydrogen-bond acceptors (Lipinski definition) is 4. The average molecular weight is 423 g/mol. The molecule has 2 aromatic carbocycles. The largest absolute Gasteiger partial charge is 0.457 e. The molecule has 1 aliphatic rings. The first-order valence-corrected chi connectivity index (χ1v) is 10.8. The zero-order valence-corrected chi connectivity index (χ0v) is 18.1. The van der Waals surface area contributed by atoms with Crippen LogP contribution in [0.4, 0.5) is 5.69 Å². The summed E-state index contributed by atoms with van der Waals surface area (Å²) in [6, 6.07) is 19.7. The molecule has 0 aromatic heterocycles. The highest BCUT2D eigenvalue weighted by molar-refractivity contribution is 8.03. The summed E-state index contributed by atoms with van der Waals surface area (Å²) in [5.41, 5.74) is 2.84. The summed E-state index contributed by atoms with van der Waals surface area (Å²) in [6.45, 7) is 4.03. The van der Waals surface area contributed by atoms with Crippen molar-refractivity contribution in [1.82, 2.24) is 0 Å². The van der Waals surface area contributed by atoms with Gasteiger partial charge in [0, 0.05) is 16.5 Å². The Morgan fingerprint density at radius 3 is 2.55 bits per heavy atom. The maximum atomic E-state index is 9.59. The maximum Gasteiger partial charge on any atom is 0.127 e. The Morgan fingerprint density at radius 1 is 1.21 bits per heavy atom. The van der Waals surface area contributed by atoms with Gasteiger partial charge >= 0.3 is 0 Å². The van der Waals surface area contributed by atoms with Crippen LogP contribution >= 0.6 is 23.4 Å². The number of para-hydroxylation sites is 1. The Kier molecular flexibility index (Phi) is 7.46. The van der Waals surface area contributed by atoms with Gasteiger partial charge < -0.3 is 10.1 Å². The highest BCUT2D eigenvalue weighted by atomic mass is 35.5. The first kappa shape index (κ1) is 21.1. The molecule has 3 rings (SSSR count). The molecule has 3 nitrogen and oxygen atoms in total. The van der Waals surface area contributed by atoms with E-state index in [1.165, 1.54) is 5.57 Å². The quantitative estimate of drug-likeness (QED) is 0.502. The number of ether oxygens (including phenoxy) is 1. The van der Waals surface area contributed by atoms with Crippen molar-refractivity contribution < 1.29 is 4.74 Å². The highest BCUT2D eigenvalue weighted by Crippen LogP contribution is 2.33. The highest BCUT2D eigenvalue weighted by Gasteiger charge is 2.16. The van der Waals surface area contributed by atoms with Crippen LogP contribution in [0.1, 0.15) is 20.3 Å². The van der Waals surface area contributed by atoms with Gasteiger partial charge in [-0.1, -0.05) is 48.4 Å². The van der Waals surface area contributed by atoms with Crippen molar-refractivity contribution >= 4 is 29.1 Å². The summed E-state index contributed by atoms with van der Waals surface area (Å²) in [5, 5.41) is 14.6. The minimum Gasteiger partial charge on any atom is -0.457 e. The van der Waals surface area contributed by atoms with Gasteiger partial charge in [-0.2, -0.15) is 5.26 Å². The van der Waals surface area contributed by atoms with Crippen molar-refractivity contribution in [1.29, 1.82) is 5.26 Å². The van der Waals surface area contributed by atoms with Gasteiger partial charge in [0.15, 0.2) is 0 Å². The molecule has 0 bridgehead atoms. The van der Waals surface area contributed by atoms with E-state index in [1.54, 1.807) is 11.8 Å². The van der Waals surface area contributed by atoms with E-state index in [-0.39, 0.29) is 0 Å². The molecule has 5 heteroatoms. The van der Waals surface area contributed by atoms with Crippen LogP contribution in [0.5, 0.6) is 11.5 Å². The Morgan fingerprint density at radius 2 is 1.90 bits per heavy atom. The molecule has 0 saturated heterocycles. The van der Waals surface area contributed by atoms with E-state index in [9.17, 15) is 5.26 Å². The Balaban J connectivity index is 1.67. The molecule has 1 atom stereocenters. The van der Waals surface area contributed by atoms with Crippen LogP contribution < -0.4 is 10.1 Å². The predicted octanol–water partition coefficient (Wildman–Crippen LogP) is 7.47. The molecule has 0 spiro atoms. The number of allylic oxidation sites excluding steroid dienone is 4. The Labute approximate surface area is 181 Å². The van der Waals surface area contributed by atoms with Crippen molar-refractivity contribution in [2.45, 2.75) is 20.3 Å². The van der Waals surface area contributed by atoms with E-state index >= 15 is 0 Å². The molecule has 29 heavy (non-hydrogen) atoms. The van der Waals surface area contributed by atoms with Gasteiger partial charge in [-0.05, 0) is 61.7 Å². The number of halogens is 1. The third kappa shape index (κ3) is 6.45. The topological polar surface area (TPSA) is 45.0 Å². The number of nitrogens with zero attached hydrogens (tertiary/aromatic N) is 1. The van der Waals surface area contributed by atoms with Crippen molar-refractivity contribution in [3.63, 3.8) is 0 Å². The van der Waals surface area contributed by atoms with Crippen LogP contribution in [0.2, 0.25) is 0 Å². The molecule has 0 fully saturated rings. The second-order valence-electron chi connectivity index (χ2n) is 6.95. The third-order valence-electron chi connectivity index (χ3n) is 4.30. The van der Waals surface area contributed by atoms with Crippen LogP contribution in [0.15, 0.2) is 88.0 Å². The molecule has 0 amide bonds. The number of hydrogen-bond donors (Lipinski definition) is 1. The van der Waals surface area contributed by atoms with Crippen LogP contribution in [0, 0.1) is 17.2 Å². The molecule has 1 heterocycles. The summed E-state index contributed by atoms with van der Waals surface area (Å²) in [6.07, 6.45) is 4.95.